The molecule has 0 amide bonds. The Balaban J connectivity index is 0.000000371. The lowest BCUT2D eigenvalue weighted by Crippen LogP contribution is -1.83. The van der Waals surface area contributed by atoms with Crippen LogP contribution in [0, 0.1) is 0 Å². The van der Waals surface area contributed by atoms with E-state index in [0.717, 1.165) is 5.84 Å². The maximum Gasteiger partial charge on any atom is 0.126 e. The van der Waals surface area contributed by atoms with Gasteiger partial charge in [0.15, 0.2) is 0 Å². The van der Waals surface area contributed by atoms with Gasteiger partial charge >= 0.3 is 0 Å². The molecule has 0 aromatic rings. The van der Waals surface area contributed by atoms with Crippen LogP contribution in [0.4, 0.5) is 0 Å². The molecular weight excluding hydrogens is 126 g/mol. The van der Waals surface area contributed by atoms with E-state index in [9.17, 15) is 0 Å². The number of rotatable bonds is 0. The molecule has 3 nitrogen and oxygen atoms in total. The van der Waals surface area contributed by atoms with E-state index in [4.69, 9.17) is 0 Å². The molecule has 0 saturated heterocycles. The van der Waals surface area contributed by atoms with Gasteiger partial charge in [0.2, 0.25) is 0 Å². The minimum Gasteiger partial charge on any atom is -0.268 e. The zero-order valence-corrected chi connectivity index (χ0v) is 6.70. The maximum atomic E-state index is 3.92. The quantitative estimate of drug-likeness (QED) is 0.488. The molecule has 3 heteroatoms. The van der Waals surface area contributed by atoms with E-state index in [1.165, 1.54) is 6.34 Å². The zero-order chi connectivity index (χ0) is 7.82. The van der Waals surface area contributed by atoms with Crippen molar-refractivity contribution in [3.8, 4) is 0 Å². The van der Waals surface area contributed by atoms with E-state index in [-0.39, 0.29) is 0 Å². The molecule has 0 radical (unpaired) electrons. The van der Waals surface area contributed by atoms with Crippen molar-refractivity contribution in [1.82, 2.24) is 0 Å². The molecule has 1 rings (SSSR count). The van der Waals surface area contributed by atoms with Crippen molar-refractivity contribution in [2.45, 2.75) is 20.8 Å². The molecule has 0 bridgehead atoms. The van der Waals surface area contributed by atoms with Crippen LogP contribution in [-0.4, -0.2) is 24.9 Å². The molecular formula is C7H13N3. The summed E-state index contributed by atoms with van der Waals surface area (Å²) in [6.07, 6.45) is 3.27. The van der Waals surface area contributed by atoms with Gasteiger partial charge in [0.1, 0.15) is 12.2 Å². The molecule has 1 aliphatic rings. The average molecular weight is 139 g/mol. The van der Waals surface area contributed by atoms with Crippen LogP contribution in [0.2, 0.25) is 0 Å². The van der Waals surface area contributed by atoms with Crippen molar-refractivity contribution < 1.29 is 0 Å². The number of amidine groups is 1. The number of nitrogens with zero attached hydrogens (tertiary/aromatic N) is 3. The van der Waals surface area contributed by atoms with Gasteiger partial charge in [-0.1, -0.05) is 13.8 Å². The maximum absolute atomic E-state index is 3.92. The highest BCUT2D eigenvalue weighted by Crippen LogP contribution is 1.80. The molecule has 0 N–H and O–H groups in total. The van der Waals surface area contributed by atoms with Crippen LogP contribution in [0.1, 0.15) is 20.8 Å². The van der Waals surface area contributed by atoms with E-state index in [1.54, 1.807) is 6.21 Å². The van der Waals surface area contributed by atoms with Crippen LogP contribution in [0.3, 0.4) is 0 Å². The third-order valence-corrected chi connectivity index (χ3v) is 0.791. The second-order valence-electron chi connectivity index (χ2n) is 1.47. The fourth-order valence-corrected chi connectivity index (χ4v) is 0.425. The fraction of sp³-hybridized carbons (Fsp3) is 0.571. The van der Waals surface area contributed by atoms with Gasteiger partial charge in [-0.2, -0.15) is 0 Å². The molecule has 1 aliphatic heterocycles. The molecule has 56 valence electrons. The summed E-state index contributed by atoms with van der Waals surface area (Å²) < 4.78 is 0. The Morgan fingerprint density at radius 3 is 2.80 bits per heavy atom. The van der Waals surface area contributed by atoms with Crippen LogP contribution >= 0.6 is 0 Å². The number of hydrogen-bond donors (Lipinski definition) is 0. The Bertz CT molecular complexity index is 156. The summed E-state index contributed by atoms with van der Waals surface area (Å²) >= 11 is 0. The molecule has 0 atom stereocenters. The van der Waals surface area contributed by atoms with Crippen LogP contribution in [-0.2, 0) is 0 Å². The van der Waals surface area contributed by atoms with E-state index in [1.807, 2.05) is 20.8 Å². The average Bonchev–Trinajstić information content (AvgIpc) is 2.21. The second-order valence-corrected chi connectivity index (χ2v) is 1.47. The van der Waals surface area contributed by atoms with Gasteiger partial charge in [0.05, 0.1) is 6.54 Å². The van der Waals surface area contributed by atoms with Gasteiger partial charge in [-0.3, -0.25) is 4.99 Å². The zero-order valence-electron chi connectivity index (χ0n) is 6.70. The Morgan fingerprint density at radius 1 is 1.40 bits per heavy atom. The highest BCUT2D eigenvalue weighted by Gasteiger charge is 1.83. The van der Waals surface area contributed by atoms with Crippen molar-refractivity contribution in [2.24, 2.45) is 15.0 Å². The minimum absolute atomic E-state index is 0.654. The smallest absolute Gasteiger partial charge is 0.126 e. The SMILES string of the molecule is CC.CC1=NC=NCC=N1. The highest BCUT2D eigenvalue weighted by molar-refractivity contribution is 5.94. The second kappa shape index (κ2) is 6.13. The molecule has 1 heterocycles. The predicted molar refractivity (Wildman–Crippen MR) is 46.3 cm³/mol. The Labute approximate surface area is 61.6 Å². The summed E-state index contributed by atoms with van der Waals surface area (Å²) in [4.78, 5) is 11.6. The standard InChI is InChI=1S/C5H7N3.C2H6/c1-5-7-3-2-6-4-8-5;1-2/h3-4H,2H2,1H3;1-2H3. The fourth-order valence-electron chi connectivity index (χ4n) is 0.425. The lowest BCUT2D eigenvalue weighted by Gasteiger charge is -1.79. The molecule has 0 aromatic heterocycles. The molecule has 0 fully saturated rings. The first-order chi connectivity index (χ1) is 4.89. The van der Waals surface area contributed by atoms with Crippen LogP contribution in [0.25, 0.3) is 0 Å². The van der Waals surface area contributed by atoms with Crippen LogP contribution in [0.15, 0.2) is 15.0 Å². The first kappa shape index (κ1) is 9.01. The largest absolute Gasteiger partial charge is 0.268 e. The molecule has 0 aliphatic carbocycles. The lowest BCUT2D eigenvalue weighted by molar-refractivity contribution is 1.34. The Morgan fingerprint density at radius 2 is 2.10 bits per heavy atom. The molecule has 0 aromatic carbocycles. The van der Waals surface area contributed by atoms with E-state index in [2.05, 4.69) is 15.0 Å². The van der Waals surface area contributed by atoms with E-state index in [0.29, 0.717) is 6.54 Å². The normalized spacial score (nSPS) is 14.9. The summed E-state index contributed by atoms with van der Waals surface area (Å²) in [5, 5.41) is 0. The Kier molecular flexibility index (Phi) is 5.53. The molecule has 10 heavy (non-hydrogen) atoms. The van der Waals surface area contributed by atoms with Crippen molar-refractivity contribution >= 4 is 18.4 Å². The van der Waals surface area contributed by atoms with Crippen molar-refractivity contribution in [2.75, 3.05) is 6.54 Å². The Hall–Kier alpha value is -0.990. The van der Waals surface area contributed by atoms with Gasteiger partial charge in [0, 0.05) is 6.21 Å². The first-order valence-electron chi connectivity index (χ1n) is 3.45. The van der Waals surface area contributed by atoms with Gasteiger partial charge in [-0.05, 0) is 6.92 Å². The summed E-state index contributed by atoms with van der Waals surface area (Å²) in [5.41, 5.74) is 0. The minimum atomic E-state index is 0.654. The molecule has 0 saturated carbocycles. The number of hydrogen-bond acceptors (Lipinski definition) is 3. The van der Waals surface area contributed by atoms with E-state index < -0.39 is 0 Å². The summed E-state index contributed by atoms with van der Waals surface area (Å²) in [6, 6.07) is 0. The summed E-state index contributed by atoms with van der Waals surface area (Å²) in [6.45, 7) is 6.49. The van der Waals surface area contributed by atoms with Crippen molar-refractivity contribution in [3.05, 3.63) is 0 Å². The van der Waals surface area contributed by atoms with Crippen molar-refractivity contribution in [3.63, 3.8) is 0 Å². The lowest BCUT2D eigenvalue weighted by atomic mass is 10.7. The monoisotopic (exact) mass is 139 g/mol. The molecule has 0 unspecified atom stereocenters. The van der Waals surface area contributed by atoms with Gasteiger partial charge in [0.25, 0.3) is 0 Å². The van der Waals surface area contributed by atoms with Gasteiger partial charge < -0.3 is 0 Å². The van der Waals surface area contributed by atoms with Gasteiger partial charge in [-0.15, -0.1) is 0 Å². The van der Waals surface area contributed by atoms with Crippen molar-refractivity contribution in [1.29, 1.82) is 0 Å². The first-order valence-corrected chi connectivity index (χ1v) is 3.45. The van der Waals surface area contributed by atoms with Crippen LogP contribution < -0.4 is 0 Å². The summed E-state index contributed by atoms with van der Waals surface area (Å²) in [7, 11) is 0. The van der Waals surface area contributed by atoms with Crippen LogP contribution in [0.5, 0.6) is 0 Å². The van der Waals surface area contributed by atoms with E-state index >= 15 is 0 Å². The third-order valence-electron chi connectivity index (χ3n) is 0.791. The van der Waals surface area contributed by atoms with Gasteiger partial charge in [-0.25, -0.2) is 9.98 Å². The number of aliphatic imine (C=N–C) groups is 3. The third kappa shape index (κ3) is 3.95. The highest BCUT2D eigenvalue weighted by atomic mass is 15.0. The predicted octanol–water partition coefficient (Wildman–Crippen LogP) is 1.54. The summed E-state index contributed by atoms with van der Waals surface area (Å²) in [5.74, 6) is 0.770. The molecule has 0 spiro atoms. The topological polar surface area (TPSA) is 37.1 Å².